The summed E-state index contributed by atoms with van der Waals surface area (Å²) in [5, 5.41) is 0. The average molecular weight is 446 g/mol. The molecule has 1 aromatic carbocycles. The zero-order chi connectivity index (χ0) is 23.5. The molecule has 33 heavy (non-hydrogen) atoms. The molecule has 1 fully saturated rings. The first-order valence-corrected chi connectivity index (χ1v) is 11.7. The molecule has 6 nitrogen and oxygen atoms in total. The number of rotatable bonds is 6. The van der Waals surface area contributed by atoms with Gasteiger partial charge in [-0.15, -0.1) is 0 Å². The van der Waals surface area contributed by atoms with Crippen LogP contribution < -0.4 is 9.64 Å². The Labute approximate surface area is 197 Å². The molecule has 3 aromatic rings. The second-order valence-corrected chi connectivity index (χ2v) is 9.28. The molecule has 6 heteroatoms. The first-order chi connectivity index (χ1) is 15.9. The van der Waals surface area contributed by atoms with E-state index in [4.69, 9.17) is 9.72 Å². The number of aryl methyl sites for hydroxylation is 3. The van der Waals surface area contributed by atoms with Crippen molar-refractivity contribution in [3.8, 4) is 16.9 Å². The summed E-state index contributed by atoms with van der Waals surface area (Å²) in [6.45, 7) is 8.36. The maximum atomic E-state index is 5.53. The second kappa shape index (κ2) is 9.87. The summed E-state index contributed by atoms with van der Waals surface area (Å²) < 4.78 is 5.53. The maximum absolute atomic E-state index is 5.53. The molecule has 0 radical (unpaired) electrons. The van der Waals surface area contributed by atoms with Gasteiger partial charge in [-0.2, -0.15) is 0 Å². The van der Waals surface area contributed by atoms with Crippen molar-refractivity contribution in [2.45, 2.75) is 52.6 Å². The van der Waals surface area contributed by atoms with Gasteiger partial charge in [-0.1, -0.05) is 12.5 Å². The maximum Gasteiger partial charge on any atom is 0.225 e. The minimum atomic E-state index is 0.241. The SMILES string of the molecule is COc1cc(C)c(CN2CCCCC2c2nc(N(C)C)ncc2-c2ccncc2C)cc1C. The Hall–Kier alpha value is -2.99. The molecule has 0 bridgehead atoms. The zero-order valence-electron chi connectivity index (χ0n) is 20.7. The van der Waals surface area contributed by atoms with Crippen molar-refractivity contribution < 1.29 is 4.74 Å². The second-order valence-electron chi connectivity index (χ2n) is 9.28. The molecule has 0 N–H and O–H groups in total. The van der Waals surface area contributed by atoms with E-state index in [0.717, 1.165) is 53.6 Å². The lowest BCUT2D eigenvalue weighted by atomic mass is 9.92. The van der Waals surface area contributed by atoms with Crippen LogP contribution >= 0.6 is 0 Å². The van der Waals surface area contributed by atoms with Gasteiger partial charge in [-0.05, 0) is 80.1 Å². The van der Waals surface area contributed by atoms with Crippen LogP contribution in [0.1, 0.15) is 53.3 Å². The highest BCUT2D eigenvalue weighted by atomic mass is 16.5. The molecular formula is C27H35N5O. The Morgan fingerprint density at radius 2 is 1.85 bits per heavy atom. The van der Waals surface area contributed by atoms with Crippen molar-refractivity contribution in [1.82, 2.24) is 19.9 Å². The molecule has 0 spiro atoms. The third-order valence-electron chi connectivity index (χ3n) is 6.67. The number of benzene rings is 1. The van der Waals surface area contributed by atoms with Gasteiger partial charge in [0.25, 0.3) is 0 Å². The molecule has 2 aromatic heterocycles. The fraction of sp³-hybridized carbons (Fsp3) is 0.444. The normalized spacial score (nSPS) is 16.6. The molecule has 3 heterocycles. The first kappa shape index (κ1) is 23.2. The summed E-state index contributed by atoms with van der Waals surface area (Å²) in [5.41, 5.74) is 8.32. The lowest BCUT2D eigenvalue weighted by Crippen LogP contribution is -2.34. The molecule has 174 valence electrons. The van der Waals surface area contributed by atoms with Crippen LogP contribution in [-0.2, 0) is 6.54 Å². The molecular weight excluding hydrogens is 410 g/mol. The summed E-state index contributed by atoms with van der Waals surface area (Å²) in [4.78, 5) is 18.6. The Kier molecular flexibility index (Phi) is 6.94. The van der Waals surface area contributed by atoms with Crippen molar-refractivity contribution in [3.05, 3.63) is 64.7 Å². The van der Waals surface area contributed by atoms with E-state index in [0.29, 0.717) is 0 Å². The Morgan fingerprint density at radius 1 is 1.03 bits per heavy atom. The summed E-state index contributed by atoms with van der Waals surface area (Å²) in [7, 11) is 5.74. The van der Waals surface area contributed by atoms with Crippen LogP contribution in [0, 0.1) is 20.8 Å². The molecule has 1 aliphatic rings. The summed E-state index contributed by atoms with van der Waals surface area (Å²) in [6, 6.07) is 6.75. The number of likely N-dealkylation sites (tertiary alicyclic amines) is 1. The van der Waals surface area contributed by atoms with E-state index in [2.05, 4.69) is 53.8 Å². The third-order valence-corrected chi connectivity index (χ3v) is 6.67. The summed E-state index contributed by atoms with van der Waals surface area (Å²) in [6.07, 6.45) is 9.28. The van der Waals surface area contributed by atoms with Crippen molar-refractivity contribution in [2.24, 2.45) is 0 Å². The van der Waals surface area contributed by atoms with Gasteiger partial charge in [0.2, 0.25) is 5.95 Å². The first-order valence-electron chi connectivity index (χ1n) is 11.7. The van der Waals surface area contributed by atoms with Crippen molar-refractivity contribution in [1.29, 1.82) is 0 Å². The number of methoxy groups -OCH3 is 1. The molecule has 0 aliphatic carbocycles. The highest BCUT2D eigenvalue weighted by Crippen LogP contribution is 2.38. The number of hydrogen-bond acceptors (Lipinski definition) is 6. The van der Waals surface area contributed by atoms with Gasteiger partial charge in [0, 0.05) is 44.8 Å². The minimum absolute atomic E-state index is 0.241. The molecule has 0 amide bonds. The van der Waals surface area contributed by atoms with Crippen LogP contribution in [0.5, 0.6) is 5.75 Å². The summed E-state index contributed by atoms with van der Waals surface area (Å²) >= 11 is 0. The van der Waals surface area contributed by atoms with E-state index in [1.807, 2.05) is 37.6 Å². The van der Waals surface area contributed by atoms with Crippen LogP contribution in [0.4, 0.5) is 5.95 Å². The van der Waals surface area contributed by atoms with Gasteiger partial charge in [-0.25, -0.2) is 9.97 Å². The summed E-state index contributed by atoms with van der Waals surface area (Å²) in [5.74, 6) is 1.70. The van der Waals surface area contributed by atoms with Gasteiger partial charge < -0.3 is 9.64 Å². The van der Waals surface area contributed by atoms with Gasteiger partial charge in [0.05, 0.1) is 18.8 Å². The average Bonchev–Trinajstić information content (AvgIpc) is 2.81. The fourth-order valence-electron chi connectivity index (χ4n) is 4.79. The highest BCUT2D eigenvalue weighted by molar-refractivity contribution is 5.69. The third kappa shape index (κ3) is 4.86. The number of ether oxygens (including phenoxy) is 1. The van der Waals surface area contributed by atoms with E-state index < -0.39 is 0 Å². The molecule has 1 saturated heterocycles. The standard InChI is InChI=1S/C27H35N5O/c1-18-14-25(33-6)19(2)13-21(18)17-32-12-8-7-9-24(32)26-23(16-29-27(30-26)31(4)5)22-10-11-28-15-20(22)3/h10-11,13-16,24H,7-9,12,17H2,1-6H3. The van der Waals surface area contributed by atoms with Gasteiger partial charge in [0.15, 0.2) is 0 Å². The Bertz CT molecular complexity index is 1130. The van der Waals surface area contributed by atoms with Crippen LogP contribution in [0.3, 0.4) is 0 Å². The quantitative estimate of drug-likeness (QED) is 0.515. The van der Waals surface area contributed by atoms with Crippen LogP contribution in [0.2, 0.25) is 0 Å². The van der Waals surface area contributed by atoms with Gasteiger partial charge in [0.1, 0.15) is 5.75 Å². The van der Waals surface area contributed by atoms with E-state index in [-0.39, 0.29) is 6.04 Å². The number of aromatic nitrogens is 3. The predicted molar refractivity (Wildman–Crippen MR) is 134 cm³/mol. The lowest BCUT2D eigenvalue weighted by molar-refractivity contribution is 0.137. The monoisotopic (exact) mass is 445 g/mol. The van der Waals surface area contributed by atoms with E-state index in [9.17, 15) is 0 Å². The number of pyridine rings is 1. The molecule has 1 unspecified atom stereocenters. The molecule has 1 aliphatic heterocycles. The Balaban J connectivity index is 1.77. The topological polar surface area (TPSA) is 54.4 Å². The smallest absolute Gasteiger partial charge is 0.225 e. The highest BCUT2D eigenvalue weighted by Gasteiger charge is 2.29. The largest absolute Gasteiger partial charge is 0.496 e. The fourth-order valence-corrected chi connectivity index (χ4v) is 4.79. The lowest BCUT2D eigenvalue weighted by Gasteiger charge is -2.37. The molecule has 0 saturated carbocycles. The van der Waals surface area contributed by atoms with Crippen molar-refractivity contribution >= 4 is 5.95 Å². The number of anilines is 1. The zero-order valence-corrected chi connectivity index (χ0v) is 20.7. The Morgan fingerprint density at radius 3 is 2.58 bits per heavy atom. The minimum Gasteiger partial charge on any atom is -0.496 e. The van der Waals surface area contributed by atoms with Crippen LogP contribution in [0.15, 0.2) is 36.8 Å². The molecule has 1 atom stereocenters. The van der Waals surface area contributed by atoms with E-state index in [1.165, 1.54) is 29.5 Å². The van der Waals surface area contributed by atoms with E-state index in [1.54, 1.807) is 7.11 Å². The number of nitrogens with zero attached hydrogens (tertiary/aromatic N) is 5. The van der Waals surface area contributed by atoms with E-state index >= 15 is 0 Å². The van der Waals surface area contributed by atoms with Crippen molar-refractivity contribution in [2.75, 3.05) is 32.6 Å². The van der Waals surface area contributed by atoms with Crippen LogP contribution in [0.25, 0.3) is 11.1 Å². The van der Waals surface area contributed by atoms with Gasteiger partial charge >= 0.3 is 0 Å². The molecule has 4 rings (SSSR count). The predicted octanol–water partition coefficient (Wildman–Crippen LogP) is 5.27. The van der Waals surface area contributed by atoms with Crippen molar-refractivity contribution in [3.63, 3.8) is 0 Å². The van der Waals surface area contributed by atoms with Gasteiger partial charge in [-0.3, -0.25) is 9.88 Å². The van der Waals surface area contributed by atoms with Crippen LogP contribution in [-0.4, -0.2) is 47.6 Å². The number of piperidine rings is 1. The number of hydrogen-bond donors (Lipinski definition) is 0.